The maximum atomic E-state index is 11.3. The van der Waals surface area contributed by atoms with E-state index in [0.717, 1.165) is 6.54 Å². The maximum Gasteiger partial charge on any atom is 0.306 e. The van der Waals surface area contributed by atoms with Crippen molar-refractivity contribution in [3.05, 3.63) is 0 Å². The van der Waals surface area contributed by atoms with Crippen LogP contribution in [-0.4, -0.2) is 24.5 Å². The van der Waals surface area contributed by atoms with Crippen molar-refractivity contribution < 1.29 is 14.3 Å². The first-order valence-electron chi connectivity index (χ1n) is 4.73. The molecule has 0 bridgehead atoms. The molecule has 1 unspecified atom stereocenters. The molecule has 4 heteroatoms. The Bertz CT molecular complexity index is 235. The van der Waals surface area contributed by atoms with Gasteiger partial charge in [-0.05, 0) is 18.8 Å². The molecule has 2 aliphatic rings. The zero-order valence-electron chi connectivity index (χ0n) is 7.41. The summed E-state index contributed by atoms with van der Waals surface area (Å²) in [5.41, 5.74) is 0. The minimum Gasteiger partial charge on any atom is -0.452 e. The Balaban J connectivity index is 1.72. The van der Waals surface area contributed by atoms with Crippen LogP contribution >= 0.6 is 0 Å². The molecule has 1 saturated carbocycles. The summed E-state index contributed by atoms with van der Waals surface area (Å²) in [6, 6.07) is 0. The zero-order valence-corrected chi connectivity index (χ0v) is 7.41. The molecule has 1 atom stereocenters. The highest BCUT2D eigenvalue weighted by Crippen LogP contribution is 2.27. The number of carbonyl (C=O) groups excluding carboxylic acids is 2. The van der Waals surface area contributed by atoms with Crippen molar-refractivity contribution in [1.29, 1.82) is 0 Å². The van der Waals surface area contributed by atoms with Gasteiger partial charge in [0.05, 0.1) is 0 Å². The predicted molar refractivity (Wildman–Crippen MR) is 44.8 cm³/mol. The number of esters is 1. The van der Waals surface area contributed by atoms with Gasteiger partial charge in [-0.1, -0.05) is 0 Å². The van der Waals surface area contributed by atoms with Crippen LogP contribution in [0.25, 0.3) is 0 Å². The van der Waals surface area contributed by atoms with Crippen molar-refractivity contribution in [1.82, 2.24) is 5.32 Å². The minimum atomic E-state index is -0.522. The van der Waals surface area contributed by atoms with Crippen LogP contribution in [0, 0.1) is 5.92 Å². The normalized spacial score (nSPS) is 27.1. The van der Waals surface area contributed by atoms with Crippen molar-refractivity contribution in [3.8, 4) is 0 Å². The van der Waals surface area contributed by atoms with Gasteiger partial charge in [0.15, 0.2) is 6.10 Å². The lowest BCUT2D eigenvalue weighted by Gasteiger charge is -2.08. The smallest absolute Gasteiger partial charge is 0.306 e. The lowest BCUT2D eigenvalue weighted by molar-refractivity contribution is -0.148. The SMILES string of the molecule is O=C1CCC(C(=O)NCC2CC2)O1. The van der Waals surface area contributed by atoms with Gasteiger partial charge in [-0.25, -0.2) is 0 Å². The quantitative estimate of drug-likeness (QED) is 0.637. The lowest BCUT2D eigenvalue weighted by Crippen LogP contribution is -2.35. The molecule has 0 radical (unpaired) electrons. The highest BCUT2D eigenvalue weighted by atomic mass is 16.6. The lowest BCUT2D eigenvalue weighted by atomic mass is 10.2. The summed E-state index contributed by atoms with van der Waals surface area (Å²) in [6.45, 7) is 0.743. The molecular weight excluding hydrogens is 170 g/mol. The van der Waals surface area contributed by atoms with E-state index in [2.05, 4.69) is 5.32 Å². The Morgan fingerprint density at radius 2 is 2.23 bits per heavy atom. The molecule has 1 heterocycles. The van der Waals surface area contributed by atoms with Crippen molar-refractivity contribution in [3.63, 3.8) is 0 Å². The van der Waals surface area contributed by atoms with Crippen LogP contribution in [0.5, 0.6) is 0 Å². The summed E-state index contributed by atoms with van der Waals surface area (Å²) in [6.07, 6.45) is 2.82. The third-order valence-corrected chi connectivity index (χ3v) is 2.44. The number of nitrogens with one attached hydrogen (secondary N) is 1. The van der Waals surface area contributed by atoms with E-state index in [1.54, 1.807) is 0 Å². The fraction of sp³-hybridized carbons (Fsp3) is 0.778. The summed E-state index contributed by atoms with van der Waals surface area (Å²) in [5.74, 6) is 0.283. The molecule has 2 rings (SSSR count). The third kappa shape index (κ3) is 2.20. The number of rotatable bonds is 3. The predicted octanol–water partition coefficient (Wildman–Crippen LogP) is 0.218. The molecule has 0 aromatic heterocycles. The summed E-state index contributed by atoms with van der Waals surface area (Å²) in [7, 11) is 0. The number of amides is 1. The molecule has 4 nitrogen and oxygen atoms in total. The molecule has 1 aliphatic carbocycles. The highest BCUT2D eigenvalue weighted by Gasteiger charge is 2.30. The van der Waals surface area contributed by atoms with E-state index in [0.29, 0.717) is 18.8 Å². The molecule has 1 N–H and O–H groups in total. The Labute approximate surface area is 76.6 Å². The van der Waals surface area contributed by atoms with Crippen LogP contribution in [0.1, 0.15) is 25.7 Å². The van der Waals surface area contributed by atoms with Crippen molar-refractivity contribution in [2.45, 2.75) is 31.8 Å². The molecule has 1 aliphatic heterocycles. The summed E-state index contributed by atoms with van der Waals surface area (Å²) >= 11 is 0. The second-order valence-electron chi connectivity index (χ2n) is 3.71. The number of carbonyl (C=O) groups is 2. The van der Waals surface area contributed by atoms with E-state index in [-0.39, 0.29) is 11.9 Å². The van der Waals surface area contributed by atoms with E-state index in [1.165, 1.54) is 12.8 Å². The minimum absolute atomic E-state index is 0.127. The van der Waals surface area contributed by atoms with Gasteiger partial charge in [-0.3, -0.25) is 9.59 Å². The van der Waals surface area contributed by atoms with Gasteiger partial charge in [-0.2, -0.15) is 0 Å². The van der Waals surface area contributed by atoms with Crippen LogP contribution < -0.4 is 5.32 Å². The molecule has 1 amide bonds. The highest BCUT2D eigenvalue weighted by molar-refractivity contribution is 5.86. The first-order chi connectivity index (χ1) is 6.25. The van der Waals surface area contributed by atoms with E-state index in [4.69, 9.17) is 4.74 Å². The molecule has 13 heavy (non-hydrogen) atoms. The van der Waals surface area contributed by atoms with Gasteiger partial charge in [0, 0.05) is 19.4 Å². The van der Waals surface area contributed by atoms with Crippen LogP contribution in [0.3, 0.4) is 0 Å². The van der Waals surface area contributed by atoms with Crippen LogP contribution in [-0.2, 0) is 14.3 Å². The molecule has 1 saturated heterocycles. The fourth-order valence-corrected chi connectivity index (χ4v) is 1.39. The number of ether oxygens (including phenoxy) is 1. The maximum absolute atomic E-state index is 11.3. The molecule has 0 aromatic rings. The van der Waals surface area contributed by atoms with Gasteiger partial charge in [0.25, 0.3) is 5.91 Å². The Kier molecular flexibility index (Phi) is 2.20. The molecule has 72 valence electrons. The fourth-order valence-electron chi connectivity index (χ4n) is 1.39. The van der Waals surface area contributed by atoms with Gasteiger partial charge < -0.3 is 10.1 Å². The zero-order chi connectivity index (χ0) is 9.26. The van der Waals surface area contributed by atoms with Crippen molar-refractivity contribution in [2.75, 3.05) is 6.54 Å². The van der Waals surface area contributed by atoms with Gasteiger partial charge in [0.1, 0.15) is 0 Å². The van der Waals surface area contributed by atoms with E-state index >= 15 is 0 Å². The van der Waals surface area contributed by atoms with E-state index in [9.17, 15) is 9.59 Å². The largest absolute Gasteiger partial charge is 0.452 e. The molecule has 0 spiro atoms. The Morgan fingerprint density at radius 3 is 2.77 bits per heavy atom. The van der Waals surface area contributed by atoms with Gasteiger partial charge in [-0.15, -0.1) is 0 Å². The molecular formula is C9H13NO3. The number of hydrogen-bond acceptors (Lipinski definition) is 3. The van der Waals surface area contributed by atoms with Gasteiger partial charge in [0.2, 0.25) is 0 Å². The molecule has 2 fully saturated rings. The van der Waals surface area contributed by atoms with Crippen LogP contribution in [0.2, 0.25) is 0 Å². The number of hydrogen-bond donors (Lipinski definition) is 1. The topological polar surface area (TPSA) is 55.4 Å². The monoisotopic (exact) mass is 183 g/mol. The third-order valence-electron chi connectivity index (χ3n) is 2.44. The first-order valence-corrected chi connectivity index (χ1v) is 4.73. The average Bonchev–Trinajstić information content (AvgIpc) is 2.84. The summed E-state index contributed by atoms with van der Waals surface area (Å²) < 4.78 is 4.82. The van der Waals surface area contributed by atoms with E-state index in [1.807, 2.05) is 0 Å². The summed E-state index contributed by atoms with van der Waals surface area (Å²) in [4.78, 5) is 22.0. The van der Waals surface area contributed by atoms with Crippen LogP contribution in [0.4, 0.5) is 0 Å². The Hall–Kier alpha value is -1.06. The second-order valence-corrected chi connectivity index (χ2v) is 3.71. The summed E-state index contributed by atoms with van der Waals surface area (Å²) in [5, 5.41) is 2.79. The Morgan fingerprint density at radius 1 is 1.46 bits per heavy atom. The van der Waals surface area contributed by atoms with Crippen LogP contribution in [0.15, 0.2) is 0 Å². The van der Waals surface area contributed by atoms with E-state index < -0.39 is 6.10 Å². The number of cyclic esters (lactones) is 1. The second kappa shape index (κ2) is 3.36. The first kappa shape index (κ1) is 8.53. The standard InChI is InChI=1S/C9H13NO3/c11-8-4-3-7(13-8)9(12)10-5-6-1-2-6/h6-7H,1-5H2,(H,10,12). The molecule has 0 aromatic carbocycles. The van der Waals surface area contributed by atoms with Gasteiger partial charge >= 0.3 is 5.97 Å². The van der Waals surface area contributed by atoms with Crippen molar-refractivity contribution in [2.24, 2.45) is 5.92 Å². The van der Waals surface area contributed by atoms with Crippen molar-refractivity contribution >= 4 is 11.9 Å². The average molecular weight is 183 g/mol.